The minimum atomic E-state index is -4.45. The van der Waals surface area contributed by atoms with Crippen LogP contribution in [0, 0.1) is 0 Å². The molecule has 0 unspecified atom stereocenters. The zero-order valence-electron chi connectivity index (χ0n) is 19.5. The van der Waals surface area contributed by atoms with Crippen LogP contribution in [0.2, 0.25) is 0 Å². The summed E-state index contributed by atoms with van der Waals surface area (Å²) in [6, 6.07) is 32.5. The minimum absolute atomic E-state index is 0.0360. The average Bonchev–Trinajstić information content (AvgIpc) is 2.89. The lowest BCUT2D eigenvalue weighted by molar-refractivity contribution is -0.137. The first kappa shape index (κ1) is 25.7. The van der Waals surface area contributed by atoms with E-state index in [9.17, 15) is 21.6 Å². The summed E-state index contributed by atoms with van der Waals surface area (Å²) in [6.45, 7) is 0.151. The second kappa shape index (κ2) is 11.1. The summed E-state index contributed by atoms with van der Waals surface area (Å²) in [5.41, 5.74) is 1.85. The third-order valence-electron chi connectivity index (χ3n) is 6.09. The molecule has 3 nitrogen and oxygen atoms in total. The molecule has 0 amide bonds. The summed E-state index contributed by atoms with van der Waals surface area (Å²) >= 11 is 0. The number of rotatable bonds is 9. The Bertz CT molecular complexity index is 1300. The third-order valence-corrected chi connectivity index (χ3v) is 7.95. The highest BCUT2D eigenvalue weighted by atomic mass is 32.2. The predicted octanol–water partition coefficient (Wildman–Crippen LogP) is 7.12. The SMILES string of the molecule is O=S(=O)(c1ccccc1)N(CCC(c1ccccc1)c1ccccc1)Cc1ccc(C(F)(F)F)cc1. The van der Waals surface area contributed by atoms with Gasteiger partial charge in [0.05, 0.1) is 10.5 Å². The summed E-state index contributed by atoms with van der Waals surface area (Å²) in [6.07, 6.45) is -3.95. The van der Waals surface area contributed by atoms with Crippen LogP contribution in [-0.2, 0) is 22.7 Å². The van der Waals surface area contributed by atoms with Gasteiger partial charge in [0.15, 0.2) is 0 Å². The lowest BCUT2D eigenvalue weighted by atomic mass is 9.88. The summed E-state index contributed by atoms with van der Waals surface area (Å²) in [5, 5.41) is 0. The molecule has 0 N–H and O–H groups in total. The molecule has 0 fully saturated rings. The van der Waals surface area contributed by atoms with Crippen molar-refractivity contribution in [2.24, 2.45) is 0 Å². The van der Waals surface area contributed by atoms with Crippen molar-refractivity contribution >= 4 is 10.0 Å². The number of hydrogen-bond acceptors (Lipinski definition) is 2. The van der Waals surface area contributed by atoms with Crippen molar-refractivity contribution in [1.82, 2.24) is 4.31 Å². The maximum absolute atomic E-state index is 13.6. The molecule has 0 saturated carbocycles. The monoisotopic (exact) mass is 509 g/mol. The van der Waals surface area contributed by atoms with E-state index in [1.807, 2.05) is 60.7 Å². The lowest BCUT2D eigenvalue weighted by Gasteiger charge is -2.26. The fraction of sp³-hybridized carbons (Fsp3) is 0.172. The van der Waals surface area contributed by atoms with Gasteiger partial charge in [-0.15, -0.1) is 0 Å². The van der Waals surface area contributed by atoms with Crippen LogP contribution < -0.4 is 0 Å². The zero-order chi connectivity index (χ0) is 25.6. The van der Waals surface area contributed by atoms with Crippen LogP contribution in [0.3, 0.4) is 0 Å². The number of benzene rings is 4. The summed E-state index contributed by atoms with van der Waals surface area (Å²) in [5.74, 6) is -0.0477. The van der Waals surface area contributed by atoms with Crippen LogP contribution >= 0.6 is 0 Å². The molecule has 0 aliphatic rings. The fourth-order valence-corrected chi connectivity index (χ4v) is 5.66. The predicted molar refractivity (Wildman–Crippen MR) is 135 cm³/mol. The van der Waals surface area contributed by atoms with Gasteiger partial charge in [0.1, 0.15) is 0 Å². The molecular weight excluding hydrogens is 483 g/mol. The van der Waals surface area contributed by atoms with Crippen LogP contribution in [-0.4, -0.2) is 19.3 Å². The number of nitrogens with zero attached hydrogens (tertiary/aromatic N) is 1. The molecule has 36 heavy (non-hydrogen) atoms. The smallest absolute Gasteiger partial charge is 0.207 e. The highest BCUT2D eigenvalue weighted by Gasteiger charge is 2.31. The maximum Gasteiger partial charge on any atom is 0.416 e. The lowest BCUT2D eigenvalue weighted by Crippen LogP contribution is -2.32. The van der Waals surface area contributed by atoms with Crippen LogP contribution in [0.5, 0.6) is 0 Å². The standard InChI is InChI=1S/C29H26F3NO2S/c30-29(31,32)26-18-16-23(17-19-26)22-33(36(34,35)27-14-8-3-9-15-27)21-20-28(24-10-4-1-5-11-24)25-12-6-2-7-13-25/h1-19,28H,20-22H2. The van der Waals surface area contributed by atoms with Gasteiger partial charge in [0.2, 0.25) is 10.0 Å². The van der Waals surface area contributed by atoms with Crippen molar-refractivity contribution in [2.45, 2.75) is 30.0 Å². The van der Waals surface area contributed by atoms with Gasteiger partial charge in [-0.25, -0.2) is 8.42 Å². The molecule has 0 heterocycles. The zero-order valence-corrected chi connectivity index (χ0v) is 20.3. The Kier molecular flexibility index (Phi) is 7.91. The van der Waals surface area contributed by atoms with E-state index in [-0.39, 0.29) is 23.9 Å². The Labute approximate surface area is 209 Å². The van der Waals surface area contributed by atoms with Gasteiger partial charge in [-0.05, 0) is 47.4 Å². The number of halogens is 3. The largest absolute Gasteiger partial charge is 0.416 e. The highest BCUT2D eigenvalue weighted by molar-refractivity contribution is 7.89. The molecule has 7 heteroatoms. The van der Waals surface area contributed by atoms with Gasteiger partial charge in [0, 0.05) is 19.0 Å². The molecule has 4 aromatic carbocycles. The molecule has 0 atom stereocenters. The van der Waals surface area contributed by atoms with E-state index < -0.39 is 21.8 Å². The number of alkyl halides is 3. The second-order valence-electron chi connectivity index (χ2n) is 8.51. The average molecular weight is 510 g/mol. The Morgan fingerprint density at radius 3 is 1.61 bits per heavy atom. The second-order valence-corrected chi connectivity index (χ2v) is 10.4. The highest BCUT2D eigenvalue weighted by Crippen LogP contribution is 2.31. The first-order chi connectivity index (χ1) is 17.2. The molecule has 186 valence electrons. The van der Waals surface area contributed by atoms with Crippen LogP contribution in [0.25, 0.3) is 0 Å². The van der Waals surface area contributed by atoms with Crippen LogP contribution in [0.15, 0.2) is 120 Å². The molecule has 0 radical (unpaired) electrons. The van der Waals surface area contributed by atoms with Crippen molar-refractivity contribution in [3.05, 3.63) is 138 Å². The van der Waals surface area contributed by atoms with E-state index in [1.54, 1.807) is 18.2 Å². The molecular formula is C29H26F3NO2S. The first-order valence-electron chi connectivity index (χ1n) is 11.6. The third kappa shape index (κ3) is 6.22. The fourth-order valence-electron chi connectivity index (χ4n) is 4.20. The van der Waals surface area contributed by atoms with Crippen molar-refractivity contribution in [3.8, 4) is 0 Å². The Morgan fingerprint density at radius 1 is 0.667 bits per heavy atom. The van der Waals surface area contributed by atoms with Gasteiger partial charge in [-0.3, -0.25) is 0 Å². The summed E-state index contributed by atoms with van der Waals surface area (Å²) in [7, 11) is -3.89. The number of sulfonamides is 1. The Balaban J connectivity index is 1.65. The molecule has 4 rings (SSSR count). The van der Waals surface area contributed by atoms with Gasteiger partial charge in [-0.2, -0.15) is 17.5 Å². The van der Waals surface area contributed by atoms with E-state index in [0.29, 0.717) is 12.0 Å². The van der Waals surface area contributed by atoms with E-state index in [1.165, 1.54) is 28.6 Å². The van der Waals surface area contributed by atoms with E-state index in [4.69, 9.17) is 0 Å². The quantitative estimate of drug-likeness (QED) is 0.241. The normalized spacial score (nSPS) is 12.2. The molecule has 0 aromatic heterocycles. The van der Waals surface area contributed by atoms with Crippen molar-refractivity contribution in [3.63, 3.8) is 0 Å². The van der Waals surface area contributed by atoms with E-state index in [2.05, 4.69) is 0 Å². The number of hydrogen-bond donors (Lipinski definition) is 0. The topological polar surface area (TPSA) is 37.4 Å². The molecule has 0 bridgehead atoms. The van der Waals surface area contributed by atoms with Gasteiger partial charge in [0.25, 0.3) is 0 Å². The molecule has 0 saturated heterocycles. The van der Waals surface area contributed by atoms with Crippen molar-refractivity contribution in [2.75, 3.05) is 6.54 Å². The summed E-state index contributed by atoms with van der Waals surface area (Å²) < 4.78 is 67.6. The van der Waals surface area contributed by atoms with Crippen molar-refractivity contribution < 1.29 is 21.6 Å². The Morgan fingerprint density at radius 2 is 1.14 bits per heavy atom. The van der Waals surface area contributed by atoms with Crippen molar-refractivity contribution in [1.29, 1.82) is 0 Å². The van der Waals surface area contributed by atoms with Crippen LogP contribution in [0.4, 0.5) is 13.2 Å². The van der Waals surface area contributed by atoms with Gasteiger partial charge < -0.3 is 0 Å². The Hall–Kier alpha value is -3.42. The molecule has 0 spiro atoms. The van der Waals surface area contributed by atoms with E-state index >= 15 is 0 Å². The maximum atomic E-state index is 13.6. The van der Waals surface area contributed by atoms with Gasteiger partial charge >= 0.3 is 6.18 Å². The molecule has 0 aliphatic carbocycles. The molecule has 0 aliphatic heterocycles. The molecule has 4 aromatic rings. The van der Waals surface area contributed by atoms with Crippen LogP contribution in [0.1, 0.15) is 34.6 Å². The first-order valence-corrected chi connectivity index (χ1v) is 13.0. The minimum Gasteiger partial charge on any atom is -0.207 e. The van der Waals surface area contributed by atoms with E-state index in [0.717, 1.165) is 23.3 Å². The summed E-state index contributed by atoms with van der Waals surface area (Å²) in [4.78, 5) is 0.146. The van der Waals surface area contributed by atoms with Gasteiger partial charge in [-0.1, -0.05) is 91.0 Å².